The highest BCUT2D eigenvalue weighted by Gasteiger charge is 2.08. The Bertz CT molecular complexity index is 429. The van der Waals surface area contributed by atoms with Gasteiger partial charge in [-0.1, -0.05) is 29.8 Å². The van der Waals surface area contributed by atoms with Crippen LogP contribution in [0, 0.1) is 0 Å². The van der Waals surface area contributed by atoms with Crippen molar-refractivity contribution < 1.29 is 4.74 Å². The highest BCUT2D eigenvalue weighted by atomic mass is 127. The Morgan fingerprint density at radius 1 is 1.33 bits per heavy atom. The second-order valence-corrected chi connectivity index (χ2v) is 4.79. The van der Waals surface area contributed by atoms with E-state index in [1.165, 1.54) is 0 Å². The predicted molar refractivity (Wildman–Crippen MR) is 101 cm³/mol. The second kappa shape index (κ2) is 12.1. The summed E-state index contributed by atoms with van der Waals surface area (Å²) in [6.07, 6.45) is 0. The summed E-state index contributed by atoms with van der Waals surface area (Å²) in [7, 11) is 2.01. The van der Waals surface area contributed by atoms with Gasteiger partial charge >= 0.3 is 0 Å². The largest absolute Gasteiger partial charge is 0.380 e. The van der Waals surface area contributed by atoms with Crippen LogP contribution in [0.15, 0.2) is 29.3 Å². The molecule has 0 spiro atoms. The van der Waals surface area contributed by atoms with Gasteiger partial charge in [-0.3, -0.25) is 4.99 Å². The Morgan fingerprint density at radius 3 is 2.67 bits per heavy atom. The fourth-order valence-corrected chi connectivity index (χ4v) is 1.98. The van der Waals surface area contributed by atoms with Crippen LogP contribution < -0.4 is 5.32 Å². The molecule has 0 fully saturated rings. The lowest BCUT2D eigenvalue weighted by Gasteiger charge is -2.22. The van der Waals surface area contributed by atoms with E-state index in [2.05, 4.69) is 22.1 Å². The smallest absolute Gasteiger partial charge is 0.194 e. The Balaban J connectivity index is 0.00000400. The lowest BCUT2D eigenvalue weighted by Crippen LogP contribution is -2.38. The zero-order valence-electron chi connectivity index (χ0n) is 12.9. The number of nitrogens with one attached hydrogen (secondary N) is 1. The zero-order valence-corrected chi connectivity index (χ0v) is 16.0. The molecule has 0 bridgehead atoms. The van der Waals surface area contributed by atoms with Gasteiger partial charge in [0.05, 0.1) is 13.2 Å². The minimum absolute atomic E-state index is 0. The molecule has 120 valence electrons. The number of guanidine groups is 1. The summed E-state index contributed by atoms with van der Waals surface area (Å²) in [4.78, 5) is 6.61. The van der Waals surface area contributed by atoms with Gasteiger partial charge in [0.15, 0.2) is 5.96 Å². The summed E-state index contributed by atoms with van der Waals surface area (Å²) in [6, 6.07) is 7.87. The van der Waals surface area contributed by atoms with Gasteiger partial charge in [-0.05, 0) is 25.5 Å². The minimum atomic E-state index is 0. The number of halogens is 2. The Labute approximate surface area is 149 Å². The van der Waals surface area contributed by atoms with E-state index in [4.69, 9.17) is 16.3 Å². The fourth-order valence-electron chi connectivity index (χ4n) is 1.79. The molecule has 0 saturated carbocycles. The Kier molecular flexibility index (Phi) is 11.8. The maximum Gasteiger partial charge on any atom is 0.194 e. The van der Waals surface area contributed by atoms with Gasteiger partial charge in [0.1, 0.15) is 0 Å². The summed E-state index contributed by atoms with van der Waals surface area (Å²) in [5, 5.41) is 4.06. The van der Waals surface area contributed by atoms with Crippen LogP contribution in [-0.4, -0.2) is 44.2 Å². The molecule has 6 heteroatoms. The average molecular weight is 426 g/mol. The van der Waals surface area contributed by atoms with Crippen LogP contribution in [0.2, 0.25) is 5.02 Å². The topological polar surface area (TPSA) is 36.9 Å². The molecule has 0 amide bonds. The minimum Gasteiger partial charge on any atom is -0.380 e. The molecule has 0 aliphatic heterocycles. The molecule has 1 N–H and O–H groups in total. The molecule has 0 atom stereocenters. The van der Waals surface area contributed by atoms with Gasteiger partial charge < -0.3 is 15.0 Å². The third kappa shape index (κ3) is 7.87. The summed E-state index contributed by atoms with van der Waals surface area (Å²) in [5.41, 5.74) is 1.09. The van der Waals surface area contributed by atoms with Gasteiger partial charge in [-0.2, -0.15) is 0 Å². The van der Waals surface area contributed by atoms with Gasteiger partial charge in [0.25, 0.3) is 0 Å². The molecule has 0 aliphatic rings. The van der Waals surface area contributed by atoms with Crippen molar-refractivity contribution in [2.45, 2.75) is 20.4 Å². The van der Waals surface area contributed by atoms with E-state index in [-0.39, 0.29) is 24.0 Å². The van der Waals surface area contributed by atoms with E-state index in [1.807, 2.05) is 38.2 Å². The normalized spacial score (nSPS) is 11.0. The van der Waals surface area contributed by atoms with Crippen molar-refractivity contribution in [3.8, 4) is 0 Å². The number of rotatable bonds is 7. The lowest BCUT2D eigenvalue weighted by molar-refractivity contribution is 0.155. The number of benzene rings is 1. The molecule has 0 radical (unpaired) electrons. The SMILES string of the molecule is CCNC(=NCCOCC)N(C)Cc1ccccc1Cl.I. The van der Waals surface area contributed by atoms with Crippen molar-refractivity contribution in [3.05, 3.63) is 34.9 Å². The van der Waals surface area contributed by atoms with E-state index in [0.717, 1.165) is 36.2 Å². The first kappa shape index (κ1) is 20.5. The van der Waals surface area contributed by atoms with E-state index >= 15 is 0 Å². The quantitative estimate of drug-likeness (QED) is 0.315. The molecule has 1 rings (SSSR count). The van der Waals surface area contributed by atoms with Crippen LogP contribution in [0.5, 0.6) is 0 Å². The molecule has 0 heterocycles. The van der Waals surface area contributed by atoms with Crippen LogP contribution in [0.3, 0.4) is 0 Å². The van der Waals surface area contributed by atoms with Crippen LogP contribution >= 0.6 is 35.6 Å². The van der Waals surface area contributed by atoms with E-state index in [1.54, 1.807) is 0 Å². The molecule has 0 aliphatic carbocycles. The van der Waals surface area contributed by atoms with Gasteiger partial charge in [0.2, 0.25) is 0 Å². The van der Waals surface area contributed by atoms with Gasteiger partial charge in [-0.25, -0.2) is 0 Å². The third-order valence-corrected chi connectivity index (χ3v) is 3.13. The number of nitrogens with zero attached hydrogens (tertiary/aromatic N) is 2. The summed E-state index contributed by atoms with van der Waals surface area (Å²) < 4.78 is 5.30. The van der Waals surface area contributed by atoms with Crippen molar-refractivity contribution in [2.24, 2.45) is 4.99 Å². The van der Waals surface area contributed by atoms with E-state index in [9.17, 15) is 0 Å². The first-order chi connectivity index (χ1) is 9.69. The summed E-state index contributed by atoms with van der Waals surface area (Å²) in [5.74, 6) is 0.868. The molecule has 0 aromatic heterocycles. The average Bonchev–Trinajstić information content (AvgIpc) is 2.44. The number of ether oxygens (including phenoxy) is 1. The number of aliphatic imine (C=N–C) groups is 1. The molecule has 4 nitrogen and oxygen atoms in total. The van der Waals surface area contributed by atoms with Gasteiger partial charge in [0, 0.05) is 31.8 Å². The number of hydrogen-bond acceptors (Lipinski definition) is 2. The van der Waals surface area contributed by atoms with Crippen LogP contribution in [0.4, 0.5) is 0 Å². The van der Waals surface area contributed by atoms with Crippen LogP contribution in [-0.2, 0) is 11.3 Å². The molecule has 1 aromatic rings. The highest BCUT2D eigenvalue weighted by molar-refractivity contribution is 14.0. The van der Waals surface area contributed by atoms with Crippen molar-refractivity contribution in [1.29, 1.82) is 0 Å². The molecule has 21 heavy (non-hydrogen) atoms. The van der Waals surface area contributed by atoms with Crippen LogP contribution in [0.25, 0.3) is 0 Å². The van der Waals surface area contributed by atoms with Crippen molar-refractivity contribution >= 4 is 41.5 Å². The van der Waals surface area contributed by atoms with Crippen molar-refractivity contribution in [2.75, 3.05) is 33.4 Å². The monoisotopic (exact) mass is 425 g/mol. The highest BCUT2D eigenvalue weighted by Crippen LogP contribution is 2.16. The second-order valence-electron chi connectivity index (χ2n) is 4.38. The fraction of sp³-hybridized carbons (Fsp3) is 0.533. The van der Waals surface area contributed by atoms with Gasteiger partial charge in [-0.15, -0.1) is 24.0 Å². The predicted octanol–water partition coefficient (Wildman–Crippen LogP) is 3.39. The van der Waals surface area contributed by atoms with Crippen molar-refractivity contribution in [3.63, 3.8) is 0 Å². The Morgan fingerprint density at radius 2 is 2.05 bits per heavy atom. The van der Waals surface area contributed by atoms with Crippen molar-refractivity contribution in [1.82, 2.24) is 10.2 Å². The zero-order chi connectivity index (χ0) is 14.8. The van der Waals surface area contributed by atoms with E-state index in [0.29, 0.717) is 13.2 Å². The molecule has 1 aromatic carbocycles. The third-order valence-electron chi connectivity index (χ3n) is 2.76. The molecular formula is C15H25ClIN3O. The van der Waals surface area contributed by atoms with E-state index < -0.39 is 0 Å². The first-order valence-corrected chi connectivity index (χ1v) is 7.37. The maximum absolute atomic E-state index is 6.19. The summed E-state index contributed by atoms with van der Waals surface area (Å²) in [6.45, 7) is 7.62. The lowest BCUT2D eigenvalue weighted by atomic mass is 10.2. The standard InChI is InChI=1S/C15H24ClN3O.HI/c1-4-17-15(18-10-11-20-5-2)19(3)12-13-8-6-7-9-14(13)16;/h6-9H,4-5,10-12H2,1-3H3,(H,17,18);1H. The number of hydrogen-bond donors (Lipinski definition) is 1. The maximum atomic E-state index is 6.19. The molecule has 0 saturated heterocycles. The first-order valence-electron chi connectivity index (χ1n) is 6.99. The molecule has 0 unspecified atom stereocenters. The Hall–Kier alpha value is -0.530. The summed E-state index contributed by atoms with van der Waals surface area (Å²) >= 11 is 6.19. The molecular weight excluding hydrogens is 401 g/mol. The van der Waals surface area contributed by atoms with Crippen LogP contribution in [0.1, 0.15) is 19.4 Å².